The van der Waals surface area contributed by atoms with Gasteiger partial charge >= 0.3 is 6.09 Å². The van der Waals surface area contributed by atoms with Crippen LogP contribution in [0.15, 0.2) is 42.6 Å². The van der Waals surface area contributed by atoms with E-state index in [4.69, 9.17) is 5.11 Å². The first-order valence-electron chi connectivity index (χ1n) is 9.36. The number of halogens is 1. The van der Waals surface area contributed by atoms with Crippen LogP contribution < -0.4 is 4.90 Å². The van der Waals surface area contributed by atoms with E-state index in [2.05, 4.69) is 25.8 Å². The fourth-order valence-electron chi connectivity index (χ4n) is 3.72. The first-order valence-corrected chi connectivity index (χ1v) is 9.36. The van der Waals surface area contributed by atoms with Crippen LogP contribution in [0.2, 0.25) is 0 Å². The summed E-state index contributed by atoms with van der Waals surface area (Å²) in [6.45, 7) is 8.50. The van der Waals surface area contributed by atoms with Gasteiger partial charge in [0.1, 0.15) is 11.6 Å². The molecule has 0 radical (unpaired) electrons. The highest BCUT2D eigenvalue weighted by Crippen LogP contribution is 2.38. The van der Waals surface area contributed by atoms with Gasteiger partial charge in [0.15, 0.2) is 0 Å². The van der Waals surface area contributed by atoms with Gasteiger partial charge in [-0.05, 0) is 47.6 Å². The van der Waals surface area contributed by atoms with E-state index >= 15 is 0 Å². The molecule has 2 aromatic rings. The van der Waals surface area contributed by atoms with Crippen molar-refractivity contribution in [2.24, 2.45) is 5.41 Å². The van der Waals surface area contributed by atoms with Gasteiger partial charge in [0, 0.05) is 24.8 Å². The number of amides is 1. The van der Waals surface area contributed by atoms with Gasteiger partial charge in [0.2, 0.25) is 0 Å². The number of hydrogen-bond acceptors (Lipinski definition) is 3. The van der Waals surface area contributed by atoms with E-state index in [0.29, 0.717) is 18.7 Å². The summed E-state index contributed by atoms with van der Waals surface area (Å²) >= 11 is 0. The van der Waals surface area contributed by atoms with Crippen molar-refractivity contribution in [3.8, 4) is 0 Å². The lowest BCUT2D eigenvalue weighted by Gasteiger charge is -2.39. The number of pyridine rings is 1. The topological polar surface area (TPSA) is 73.7 Å². The molecule has 6 heteroatoms. The predicted octanol–water partition coefficient (Wildman–Crippen LogP) is 4.63. The van der Waals surface area contributed by atoms with Crippen LogP contribution in [0.4, 0.5) is 15.0 Å². The van der Waals surface area contributed by atoms with Crippen LogP contribution in [0, 0.1) is 11.2 Å². The van der Waals surface area contributed by atoms with E-state index in [-0.39, 0.29) is 24.4 Å². The lowest BCUT2D eigenvalue weighted by molar-refractivity contribution is 0.195. The highest BCUT2D eigenvalue weighted by molar-refractivity contribution is 5.85. The average Bonchev–Trinajstić information content (AvgIpc) is 2.60. The van der Waals surface area contributed by atoms with Crippen molar-refractivity contribution >= 4 is 11.9 Å². The Labute approximate surface area is 165 Å². The molecule has 0 aliphatic heterocycles. The highest BCUT2D eigenvalue weighted by Gasteiger charge is 2.36. The molecule has 1 amide bonds. The third kappa shape index (κ3) is 5.76. The third-order valence-electron chi connectivity index (χ3n) is 4.69. The summed E-state index contributed by atoms with van der Waals surface area (Å²) in [7, 11) is 0. The molecular weight excluding hydrogens is 359 g/mol. The van der Waals surface area contributed by atoms with Gasteiger partial charge in [-0.1, -0.05) is 45.9 Å². The monoisotopic (exact) mass is 388 g/mol. The Hall–Kier alpha value is -2.47. The first kappa shape index (κ1) is 21.8. The average molecular weight is 388 g/mol. The number of aliphatic hydroxyl groups is 1. The highest BCUT2D eigenvalue weighted by atomic mass is 19.1. The number of aromatic nitrogens is 1. The fraction of sp³-hybridized carbons (Fsp3) is 0.455. The molecule has 152 valence electrons. The summed E-state index contributed by atoms with van der Waals surface area (Å²) in [6, 6.07) is 9.68. The predicted molar refractivity (Wildman–Crippen MR) is 108 cm³/mol. The van der Waals surface area contributed by atoms with Crippen molar-refractivity contribution in [2.45, 2.75) is 46.0 Å². The van der Waals surface area contributed by atoms with Gasteiger partial charge in [0.25, 0.3) is 0 Å². The van der Waals surface area contributed by atoms with Crippen LogP contribution in [-0.4, -0.2) is 34.4 Å². The number of hydrogen-bond donors (Lipinski definition) is 2. The summed E-state index contributed by atoms with van der Waals surface area (Å²) in [4.78, 5) is 17.5. The summed E-state index contributed by atoms with van der Waals surface area (Å²) in [5, 5.41) is 18.9. The van der Waals surface area contributed by atoms with E-state index in [1.807, 2.05) is 6.92 Å². The Morgan fingerprint density at radius 3 is 2.21 bits per heavy atom. The van der Waals surface area contributed by atoms with Crippen molar-refractivity contribution in [3.05, 3.63) is 59.5 Å². The molecule has 1 unspecified atom stereocenters. The van der Waals surface area contributed by atoms with Crippen LogP contribution in [0.1, 0.15) is 45.2 Å². The molecule has 1 heterocycles. The Morgan fingerprint density at radius 1 is 1.11 bits per heavy atom. The van der Waals surface area contributed by atoms with Gasteiger partial charge < -0.3 is 10.2 Å². The summed E-state index contributed by atoms with van der Waals surface area (Å²) < 4.78 is 13.4. The van der Waals surface area contributed by atoms with E-state index < -0.39 is 11.5 Å². The number of carboxylic acid groups (broad SMARTS) is 1. The molecule has 1 aromatic carbocycles. The van der Waals surface area contributed by atoms with Crippen molar-refractivity contribution in [2.75, 3.05) is 18.1 Å². The minimum Gasteiger partial charge on any atom is -0.465 e. The van der Waals surface area contributed by atoms with Crippen LogP contribution in [0.5, 0.6) is 0 Å². The first-order chi connectivity index (χ1) is 13.0. The second kappa shape index (κ2) is 8.69. The minimum absolute atomic E-state index is 0.0118. The molecule has 5 nitrogen and oxygen atoms in total. The number of benzene rings is 1. The van der Waals surface area contributed by atoms with Crippen molar-refractivity contribution in [1.29, 1.82) is 0 Å². The molecule has 0 aliphatic carbocycles. The Morgan fingerprint density at radius 2 is 1.75 bits per heavy atom. The van der Waals surface area contributed by atoms with Crippen molar-refractivity contribution < 1.29 is 19.4 Å². The van der Waals surface area contributed by atoms with Gasteiger partial charge in [0.05, 0.1) is 0 Å². The van der Waals surface area contributed by atoms with E-state index in [0.717, 1.165) is 11.1 Å². The number of nitrogens with zero attached hydrogens (tertiary/aromatic N) is 2. The smallest absolute Gasteiger partial charge is 0.413 e. The SMILES string of the molecule is CC(C)(C)CC(C)(CN(C(=O)O)c1ccc(CCO)cn1)c1ccc(F)cc1. The standard InChI is InChI=1S/C22H29FN2O3/c1-21(2,3)14-22(4,17-6-8-18(23)9-7-17)15-25(20(27)28)19-10-5-16(11-12-26)13-24-19/h5-10,13,26H,11-12,14-15H2,1-4H3,(H,27,28). The van der Waals surface area contributed by atoms with Gasteiger partial charge in [-0.15, -0.1) is 0 Å². The second-order valence-electron chi connectivity index (χ2n) is 8.67. The van der Waals surface area contributed by atoms with Crippen LogP contribution >= 0.6 is 0 Å². The maximum Gasteiger partial charge on any atom is 0.413 e. The lowest BCUT2D eigenvalue weighted by Crippen LogP contribution is -2.44. The lowest BCUT2D eigenvalue weighted by atomic mass is 9.70. The zero-order chi connectivity index (χ0) is 20.9. The third-order valence-corrected chi connectivity index (χ3v) is 4.69. The summed E-state index contributed by atoms with van der Waals surface area (Å²) in [6.07, 6.45) is 1.67. The van der Waals surface area contributed by atoms with Crippen LogP contribution in [0.25, 0.3) is 0 Å². The Kier molecular flexibility index (Phi) is 6.77. The van der Waals surface area contributed by atoms with E-state index in [1.165, 1.54) is 17.0 Å². The number of anilines is 1. The fourth-order valence-corrected chi connectivity index (χ4v) is 3.72. The van der Waals surface area contributed by atoms with Crippen LogP contribution in [-0.2, 0) is 11.8 Å². The van der Waals surface area contributed by atoms with Gasteiger partial charge in [-0.2, -0.15) is 0 Å². The molecule has 0 aliphatic rings. The molecule has 2 N–H and O–H groups in total. The largest absolute Gasteiger partial charge is 0.465 e. The number of rotatable bonds is 7. The second-order valence-corrected chi connectivity index (χ2v) is 8.67. The molecular formula is C22H29FN2O3. The normalized spacial score (nSPS) is 13.8. The van der Waals surface area contributed by atoms with Gasteiger partial charge in [-0.3, -0.25) is 4.90 Å². The number of aliphatic hydroxyl groups excluding tert-OH is 1. The maximum absolute atomic E-state index is 13.4. The van der Waals surface area contributed by atoms with E-state index in [9.17, 15) is 14.3 Å². The zero-order valence-corrected chi connectivity index (χ0v) is 16.9. The van der Waals surface area contributed by atoms with E-state index in [1.54, 1.807) is 30.5 Å². The molecule has 0 saturated carbocycles. The molecule has 0 saturated heterocycles. The van der Waals surface area contributed by atoms with Crippen LogP contribution in [0.3, 0.4) is 0 Å². The molecule has 2 rings (SSSR count). The molecule has 1 atom stereocenters. The maximum atomic E-state index is 13.4. The van der Waals surface area contributed by atoms with Gasteiger partial charge in [-0.25, -0.2) is 14.2 Å². The Bertz CT molecular complexity index is 785. The molecule has 28 heavy (non-hydrogen) atoms. The quantitative estimate of drug-likeness (QED) is 0.725. The van der Waals surface area contributed by atoms with Crippen molar-refractivity contribution in [1.82, 2.24) is 4.98 Å². The Balaban J connectivity index is 2.40. The number of carbonyl (C=O) groups is 1. The molecule has 1 aromatic heterocycles. The molecule has 0 spiro atoms. The molecule has 0 fully saturated rings. The minimum atomic E-state index is -1.09. The zero-order valence-electron chi connectivity index (χ0n) is 16.9. The summed E-state index contributed by atoms with van der Waals surface area (Å²) in [5.74, 6) is 0.00882. The summed E-state index contributed by atoms with van der Waals surface area (Å²) in [5.41, 5.74) is 1.13. The van der Waals surface area contributed by atoms with Crippen molar-refractivity contribution in [3.63, 3.8) is 0 Å². The molecule has 0 bridgehead atoms.